The summed E-state index contributed by atoms with van der Waals surface area (Å²) in [5, 5.41) is 9.11. The molecule has 4 bridgehead atoms. The van der Waals surface area contributed by atoms with Crippen LogP contribution in [0.1, 0.15) is 49.8 Å². The SMILES string of the molecule is CS(=O)(=O)c1nc(C23CC4CC(CC(C4)C2)C3)ccc1C#N. The normalized spacial score (nSPS) is 36.3. The lowest BCUT2D eigenvalue weighted by atomic mass is 9.49. The number of nitriles is 1. The maximum Gasteiger partial charge on any atom is 0.194 e. The van der Waals surface area contributed by atoms with Gasteiger partial charge in [0.2, 0.25) is 0 Å². The summed E-state index contributed by atoms with van der Waals surface area (Å²) in [6, 6.07) is 5.51. The van der Waals surface area contributed by atoms with E-state index in [9.17, 15) is 8.42 Å². The molecule has 1 aromatic rings. The Morgan fingerprint density at radius 3 is 2.14 bits per heavy atom. The summed E-state index contributed by atoms with van der Waals surface area (Å²) in [6.07, 6.45) is 8.58. The molecule has 4 nitrogen and oxygen atoms in total. The molecule has 4 aliphatic rings. The van der Waals surface area contributed by atoms with Crippen LogP contribution in [0.2, 0.25) is 0 Å². The summed E-state index contributed by atoms with van der Waals surface area (Å²) in [7, 11) is -3.47. The molecule has 0 atom stereocenters. The second-order valence-electron chi connectivity index (χ2n) is 7.63. The average Bonchev–Trinajstić information content (AvgIpc) is 2.44. The molecule has 0 N–H and O–H groups in total. The van der Waals surface area contributed by atoms with E-state index in [-0.39, 0.29) is 16.0 Å². The number of hydrogen-bond donors (Lipinski definition) is 0. The molecule has 0 saturated heterocycles. The van der Waals surface area contributed by atoms with Crippen LogP contribution in [-0.4, -0.2) is 19.7 Å². The topological polar surface area (TPSA) is 70.8 Å². The van der Waals surface area contributed by atoms with E-state index in [1.54, 1.807) is 6.07 Å². The Labute approximate surface area is 131 Å². The van der Waals surface area contributed by atoms with Gasteiger partial charge in [0.25, 0.3) is 0 Å². The Morgan fingerprint density at radius 2 is 1.68 bits per heavy atom. The third kappa shape index (κ3) is 2.08. The van der Waals surface area contributed by atoms with Gasteiger partial charge in [-0.1, -0.05) is 0 Å². The number of aromatic nitrogens is 1. The summed E-state index contributed by atoms with van der Waals surface area (Å²) < 4.78 is 24.0. The first-order valence-electron chi connectivity index (χ1n) is 8.01. The van der Waals surface area contributed by atoms with Crippen molar-refractivity contribution in [3.8, 4) is 6.07 Å². The first-order valence-corrected chi connectivity index (χ1v) is 9.90. The van der Waals surface area contributed by atoms with E-state index in [2.05, 4.69) is 4.98 Å². The zero-order valence-corrected chi connectivity index (χ0v) is 13.6. The van der Waals surface area contributed by atoms with E-state index < -0.39 is 9.84 Å². The number of rotatable bonds is 2. The molecule has 5 rings (SSSR count). The van der Waals surface area contributed by atoms with Gasteiger partial charge in [-0.2, -0.15) is 5.26 Å². The summed E-state index contributed by atoms with van der Waals surface area (Å²) >= 11 is 0. The van der Waals surface area contributed by atoms with Crippen LogP contribution >= 0.6 is 0 Å². The highest BCUT2D eigenvalue weighted by molar-refractivity contribution is 7.90. The minimum absolute atomic E-state index is 0.0387. The predicted octanol–water partition coefficient (Wildman–Crippen LogP) is 2.82. The molecule has 0 radical (unpaired) electrons. The summed E-state index contributed by atoms with van der Waals surface area (Å²) in [5.41, 5.74) is 1.13. The Balaban J connectivity index is 1.82. The number of hydrogen-bond acceptors (Lipinski definition) is 4. The fourth-order valence-electron chi connectivity index (χ4n) is 5.53. The van der Waals surface area contributed by atoms with Crippen LogP contribution in [0.15, 0.2) is 17.2 Å². The van der Waals surface area contributed by atoms with Gasteiger partial charge >= 0.3 is 0 Å². The van der Waals surface area contributed by atoms with Crippen molar-refractivity contribution < 1.29 is 8.42 Å². The zero-order valence-electron chi connectivity index (χ0n) is 12.7. The maximum absolute atomic E-state index is 12.0. The van der Waals surface area contributed by atoms with Crippen molar-refractivity contribution in [1.29, 1.82) is 5.26 Å². The lowest BCUT2D eigenvalue weighted by Gasteiger charge is -2.56. The molecule has 1 aromatic heterocycles. The van der Waals surface area contributed by atoms with E-state index >= 15 is 0 Å². The summed E-state index contributed by atoms with van der Waals surface area (Å²) in [4.78, 5) is 4.49. The smallest absolute Gasteiger partial charge is 0.194 e. The molecule has 4 saturated carbocycles. The van der Waals surface area contributed by atoms with Crippen molar-refractivity contribution in [2.45, 2.75) is 49.0 Å². The van der Waals surface area contributed by atoms with Gasteiger partial charge in [-0.05, 0) is 68.4 Å². The molecule has 0 aromatic carbocycles. The third-order valence-corrected chi connectivity index (χ3v) is 6.93. The van der Waals surface area contributed by atoms with E-state index in [0.717, 1.165) is 49.0 Å². The maximum atomic E-state index is 12.0. The number of nitrogens with zero attached hydrogens (tertiary/aromatic N) is 2. The van der Waals surface area contributed by atoms with Crippen LogP contribution in [-0.2, 0) is 15.3 Å². The fraction of sp³-hybridized carbons (Fsp3) is 0.647. The number of sulfone groups is 1. The third-order valence-electron chi connectivity index (χ3n) is 5.91. The van der Waals surface area contributed by atoms with Gasteiger partial charge in [0.1, 0.15) is 6.07 Å². The minimum Gasteiger partial charge on any atom is -0.239 e. The minimum atomic E-state index is -3.47. The molecule has 0 spiro atoms. The molecular weight excluding hydrogens is 296 g/mol. The van der Waals surface area contributed by atoms with Crippen molar-refractivity contribution in [2.24, 2.45) is 17.8 Å². The van der Waals surface area contributed by atoms with Crippen molar-refractivity contribution >= 4 is 9.84 Å². The molecule has 0 unspecified atom stereocenters. The average molecular weight is 316 g/mol. The molecule has 22 heavy (non-hydrogen) atoms. The van der Waals surface area contributed by atoms with Gasteiger partial charge in [-0.3, -0.25) is 0 Å². The van der Waals surface area contributed by atoms with Crippen LogP contribution in [0.4, 0.5) is 0 Å². The Hall–Kier alpha value is -1.41. The quantitative estimate of drug-likeness (QED) is 0.841. The van der Waals surface area contributed by atoms with Crippen molar-refractivity contribution in [1.82, 2.24) is 4.98 Å². The number of pyridine rings is 1. The van der Waals surface area contributed by atoms with Gasteiger partial charge < -0.3 is 0 Å². The highest BCUT2D eigenvalue weighted by atomic mass is 32.2. The standard InChI is InChI=1S/C17H20N2O2S/c1-22(20,21)16-14(10-18)2-3-15(19-16)17-7-11-4-12(8-17)6-13(5-11)9-17/h2-3,11-13H,4-9H2,1H3. The summed E-state index contributed by atoms with van der Waals surface area (Å²) in [6.45, 7) is 0. The van der Waals surface area contributed by atoms with Gasteiger partial charge in [-0.15, -0.1) is 0 Å². The molecule has 4 aliphatic carbocycles. The summed E-state index contributed by atoms with van der Waals surface area (Å²) in [5.74, 6) is 2.35. The van der Waals surface area contributed by atoms with Gasteiger partial charge in [0, 0.05) is 17.4 Å². The Morgan fingerprint density at radius 1 is 1.14 bits per heavy atom. The van der Waals surface area contributed by atoms with Crippen LogP contribution < -0.4 is 0 Å². The predicted molar refractivity (Wildman–Crippen MR) is 81.9 cm³/mol. The highest BCUT2D eigenvalue weighted by Gasteiger charge is 2.52. The zero-order chi connectivity index (χ0) is 15.5. The fourth-order valence-corrected chi connectivity index (χ4v) is 6.31. The molecule has 0 amide bonds. The molecule has 0 aliphatic heterocycles. The van der Waals surface area contributed by atoms with Gasteiger partial charge in [0.15, 0.2) is 14.9 Å². The Kier molecular flexibility index (Phi) is 2.93. The lowest BCUT2D eigenvalue weighted by molar-refractivity contribution is -0.00745. The second-order valence-corrected chi connectivity index (χ2v) is 9.56. The second kappa shape index (κ2) is 4.55. The first kappa shape index (κ1) is 14.2. The molecule has 116 valence electrons. The monoisotopic (exact) mass is 316 g/mol. The van der Waals surface area contributed by atoms with Crippen LogP contribution in [0.3, 0.4) is 0 Å². The Bertz CT molecular complexity index is 741. The molecule has 1 heterocycles. The van der Waals surface area contributed by atoms with E-state index in [1.807, 2.05) is 12.1 Å². The van der Waals surface area contributed by atoms with Crippen LogP contribution in [0.25, 0.3) is 0 Å². The molecular formula is C17H20N2O2S. The van der Waals surface area contributed by atoms with Crippen molar-refractivity contribution in [3.05, 3.63) is 23.4 Å². The van der Waals surface area contributed by atoms with E-state index in [0.29, 0.717) is 0 Å². The van der Waals surface area contributed by atoms with E-state index in [1.165, 1.54) is 19.3 Å². The largest absolute Gasteiger partial charge is 0.239 e. The van der Waals surface area contributed by atoms with E-state index in [4.69, 9.17) is 5.26 Å². The van der Waals surface area contributed by atoms with Crippen LogP contribution in [0, 0.1) is 29.1 Å². The first-order chi connectivity index (χ1) is 10.4. The highest BCUT2D eigenvalue weighted by Crippen LogP contribution is 2.60. The van der Waals surface area contributed by atoms with Crippen molar-refractivity contribution in [2.75, 3.05) is 6.26 Å². The molecule has 5 heteroatoms. The van der Waals surface area contributed by atoms with Gasteiger partial charge in [0.05, 0.1) is 5.56 Å². The van der Waals surface area contributed by atoms with Crippen molar-refractivity contribution in [3.63, 3.8) is 0 Å². The van der Waals surface area contributed by atoms with Gasteiger partial charge in [-0.25, -0.2) is 13.4 Å². The van der Waals surface area contributed by atoms with Crippen LogP contribution in [0.5, 0.6) is 0 Å². The lowest BCUT2D eigenvalue weighted by Crippen LogP contribution is -2.49. The molecule has 4 fully saturated rings.